The number of carboxylic acids is 1. The fraction of sp³-hybridized carbons (Fsp3) is 0.167. The number of alkyl halides is 3. The van der Waals surface area contributed by atoms with Crippen LogP contribution in [0, 0.1) is 0 Å². The highest BCUT2D eigenvalue weighted by molar-refractivity contribution is 5.87. The average Bonchev–Trinajstić information content (AvgIpc) is 2.30. The second kappa shape index (κ2) is 2.54. The first-order chi connectivity index (χ1) is 5.41. The minimum absolute atomic E-state index is 0.433. The van der Waals surface area contributed by atoms with E-state index in [-0.39, 0.29) is 0 Å². The van der Waals surface area contributed by atoms with Gasteiger partial charge in [-0.25, -0.2) is 4.79 Å². The molecule has 1 rings (SSSR count). The van der Waals surface area contributed by atoms with E-state index in [0.717, 1.165) is 0 Å². The van der Waals surface area contributed by atoms with Crippen LogP contribution in [0.2, 0.25) is 0 Å². The van der Waals surface area contributed by atoms with Crippen molar-refractivity contribution < 1.29 is 27.5 Å². The van der Waals surface area contributed by atoms with Crippen LogP contribution >= 0.6 is 0 Å². The fourth-order valence-electron chi connectivity index (χ4n) is 0.597. The lowest BCUT2D eigenvalue weighted by Crippen LogP contribution is -2.02. The molecule has 1 heterocycles. The fourth-order valence-corrected chi connectivity index (χ4v) is 0.597. The number of hydrogen-bond donors (Lipinski definition) is 1. The number of carbonyl (C=O) groups is 1. The topological polar surface area (TPSA) is 50.4 Å². The Morgan fingerprint density at radius 3 is 2.33 bits per heavy atom. The molecule has 6 heteroatoms. The van der Waals surface area contributed by atoms with Crippen LogP contribution in [0.15, 0.2) is 16.7 Å². The normalized spacial score (nSPS) is 11.6. The van der Waals surface area contributed by atoms with E-state index in [2.05, 4.69) is 4.42 Å². The van der Waals surface area contributed by atoms with Gasteiger partial charge in [0.05, 0.1) is 5.56 Å². The predicted molar refractivity (Wildman–Crippen MR) is 30.7 cm³/mol. The van der Waals surface area contributed by atoms with Crippen LogP contribution < -0.4 is 0 Å². The standard InChI is InChI=1S/C6H3F3O3/c7-6(8,9)4-1-3(2-12-4)5(10)11/h1-2H,(H,10,11). The lowest BCUT2D eigenvalue weighted by atomic mass is 10.3. The maximum Gasteiger partial charge on any atom is 0.449 e. The van der Waals surface area contributed by atoms with Crippen molar-refractivity contribution >= 4 is 5.97 Å². The molecule has 66 valence electrons. The molecule has 0 aliphatic carbocycles. The summed E-state index contributed by atoms with van der Waals surface area (Å²) in [6, 6.07) is 0.433. The third kappa shape index (κ3) is 1.58. The van der Waals surface area contributed by atoms with Gasteiger partial charge in [-0.05, 0) is 0 Å². The molecule has 12 heavy (non-hydrogen) atoms. The van der Waals surface area contributed by atoms with Gasteiger partial charge in [0.15, 0.2) is 0 Å². The van der Waals surface area contributed by atoms with E-state index in [1.54, 1.807) is 0 Å². The summed E-state index contributed by atoms with van der Waals surface area (Å²) in [6.07, 6.45) is -4.08. The van der Waals surface area contributed by atoms with Gasteiger partial charge in [0.1, 0.15) is 6.26 Å². The van der Waals surface area contributed by atoms with Gasteiger partial charge < -0.3 is 9.52 Å². The quantitative estimate of drug-likeness (QED) is 0.718. The second-order valence-corrected chi connectivity index (χ2v) is 2.00. The summed E-state index contributed by atoms with van der Waals surface area (Å²) in [5, 5.41) is 8.24. The van der Waals surface area contributed by atoms with Crippen molar-refractivity contribution in [2.75, 3.05) is 0 Å². The van der Waals surface area contributed by atoms with Gasteiger partial charge in [0.2, 0.25) is 5.76 Å². The summed E-state index contributed by atoms with van der Waals surface area (Å²) in [6.45, 7) is 0. The highest BCUT2D eigenvalue weighted by Crippen LogP contribution is 2.30. The van der Waals surface area contributed by atoms with Crippen LogP contribution in [-0.2, 0) is 6.18 Å². The van der Waals surface area contributed by atoms with E-state index in [1.807, 2.05) is 0 Å². The van der Waals surface area contributed by atoms with Crippen molar-refractivity contribution in [3.63, 3.8) is 0 Å². The lowest BCUT2D eigenvalue weighted by molar-refractivity contribution is -0.153. The first-order valence-electron chi connectivity index (χ1n) is 2.80. The molecule has 0 spiro atoms. The van der Waals surface area contributed by atoms with E-state index in [1.165, 1.54) is 0 Å². The van der Waals surface area contributed by atoms with E-state index in [0.29, 0.717) is 12.3 Å². The van der Waals surface area contributed by atoms with Crippen molar-refractivity contribution in [2.24, 2.45) is 0 Å². The number of halogens is 3. The molecular weight excluding hydrogens is 177 g/mol. The summed E-state index contributed by atoms with van der Waals surface area (Å²) in [7, 11) is 0. The molecule has 0 saturated carbocycles. The highest BCUT2D eigenvalue weighted by atomic mass is 19.4. The van der Waals surface area contributed by atoms with Crippen LogP contribution in [0.5, 0.6) is 0 Å². The number of aromatic carboxylic acids is 1. The molecule has 1 N–H and O–H groups in total. The zero-order valence-corrected chi connectivity index (χ0v) is 5.55. The molecule has 0 bridgehead atoms. The SMILES string of the molecule is O=C(O)c1coc(C(F)(F)F)c1. The van der Waals surface area contributed by atoms with E-state index < -0.39 is 23.5 Å². The van der Waals surface area contributed by atoms with Crippen LogP contribution in [-0.4, -0.2) is 11.1 Å². The van der Waals surface area contributed by atoms with Gasteiger partial charge in [-0.2, -0.15) is 13.2 Å². The number of carboxylic acid groups (broad SMARTS) is 1. The smallest absolute Gasteiger partial charge is 0.449 e. The number of hydrogen-bond acceptors (Lipinski definition) is 2. The van der Waals surface area contributed by atoms with Crippen molar-refractivity contribution in [1.82, 2.24) is 0 Å². The molecule has 0 atom stereocenters. The largest absolute Gasteiger partial charge is 0.478 e. The number of rotatable bonds is 1. The molecule has 0 saturated heterocycles. The van der Waals surface area contributed by atoms with Gasteiger partial charge in [-0.15, -0.1) is 0 Å². The molecule has 0 aromatic carbocycles. The molecule has 3 nitrogen and oxygen atoms in total. The monoisotopic (exact) mass is 180 g/mol. The zero-order chi connectivity index (χ0) is 9.35. The predicted octanol–water partition coefficient (Wildman–Crippen LogP) is 2.00. The minimum Gasteiger partial charge on any atom is -0.478 e. The second-order valence-electron chi connectivity index (χ2n) is 2.00. The summed E-state index contributed by atoms with van der Waals surface area (Å²) >= 11 is 0. The Kier molecular flexibility index (Phi) is 1.83. The Morgan fingerprint density at radius 2 is 2.08 bits per heavy atom. The molecule has 0 aliphatic rings. The molecule has 1 aromatic rings. The Balaban J connectivity index is 3.00. The Morgan fingerprint density at radius 1 is 1.50 bits per heavy atom. The summed E-state index contributed by atoms with van der Waals surface area (Å²) in [5.41, 5.74) is -0.512. The maximum absolute atomic E-state index is 11.8. The van der Waals surface area contributed by atoms with Crippen molar-refractivity contribution in [3.05, 3.63) is 23.7 Å². The average molecular weight is 180 g/mol. The first-order valence-corrected chi connectivity index (χ1v) is 2.80. The van der Waals surface area contributed by atoms with E-state index in [9.17, 15) is 18.0 Å². The van der Waals surface area contributed by atoms with Gasteiger partial charge in [-0.1, -0.05) is 0 Å². The minimum atomic E-state index is -4.63. The van der Waals surface area contributed by atoms with Crippen LogP contribution in [0.3, 0.4) is 0 Å². The summed E-state index contributed by atoms with van der Waals surface area (Å²) in [4.78, 5) is 10.1. The Labute approximate surface area is 64.4 Å². The molecule has 1 aromatic heterocycles. The van der Waals surface area contributed by atoms with Gasteiger partial charge in [0, 0.05) is 6.07 Å². The van der Waals surface area contributed by atoms with Crippen LogP contribution in [0.25, 0.3) is 0 Å². The summed E-state index contributed by atoms with van der Waals surface area (Å²) in [5.74, 6) is -2.76. The lowest BCUT2D eigenvalue weighted by Gasteiger charge is -1.98. The summed E-state index contributed by atoms with van der Waals surface area (Å²) < 4.78 is 39.3. The molecule has 0 aliphatic heterocycles. The number of furan rings is 1. The van der Waals surface area contributed by atoms with Gasteiger partial charge in [-0.3, -0.25) is 0 Å². The molecule has 0 unspecified atom stereocenters. The highest BCUT2D eigenvalue weighted by Gasteiger charge is 2.35. The first kappa shape index (κ1) is 8.63. The molecule has 0 radical (unpaired) electrons. The van der Waals surface area contributed by atoms with E-state index in [4.69, 9.17) is 5.11 Å². The Hall–Kier alpha value is -1.46. The molecule has 0 amide bonds. The third-order valence-corrected chi connectivity index (χ3v) is 1.13. The van der Waals surface area contributed by atoms with Gasteiger partial charge in [0.25, 0.3) is 0 Å². The Bertz CT molecular complexity index is 299. The van der Waals surface area contributed by atoms with Crippen molar-refractivity contribution in [1.29, 1.82) is 0 Å². The zero-order valence-electron chi connectivity index (χ0n) is 5.55. The third-order valence-electron chi connectivity index (χ3n) is 1.13. The van der Waals surface area contributed by atoms with E-state index >= 15 is 0 Å². The molecule has 0 fully saturated rings. The van der Waals surface area contributed by atoms with Crippen molar-refractivity contribution in [2.45, 2.75) is 6.18 Å². The van der Waals surface area contributed by atoms with Crippen molar-refractivity contribution in [3.8, 4) is 0 Å². The van der Waals surface area contributed by atoms with Crippen LogP contribution in [0.4, 0.5) is 13.2 Å². The van der Waals surface area contributed by atoms with Gasteiger partial charge >= 0.3 is 12.1 Å². The van der Waals surface area contributed by atoms with Crippen LogP contribution in [0.1, 0.15) is 16.1 Å². The molecular formula is C6H3F3O3. The maximum atomic E-state index is 11.8.